The van der Waals surface area contributed by atoms with E-state index in [2.05, 4.69) is 10.2 Å². The lowest BCUT2D eigenvalue weighted by Crippen LogP contribution is -2.57. The first-order valence-corrected chi connectivity index (χ1v) is 8.46. The second-order valence-corrected chi connectivity index (χ2v) is 7.39. The van der Waals surface area contributed by atoms with Crippen molar-refractivity contribution in [2.24, 2.45) is 0 Å². The molecule has 1 aliphatic heterocycles. The maximum atomic E-state index is 12.8. The SMILES string of the molecule is CC1CN(C(=O)c2cc(C3CCCCC3)[nH]n2)C(C)(C)CO1. The molecule has 1 saturated carbocycles. The maximum Gasteiger partial charge on any atom is 0.274 e. The highest BCUT2D eigenvalue weighted by atomic mass is 16.5. The molecule has 122 valence electrons. The van der Waals surface area contributed by atoms with Crippen LogP contribution in [0, 0.1) is 0 Å². The number of morpholine rings is 1. The van der Waals surface area contributed by atoms with Gasteiger partial charge >= 0.3 is 0 Å². The van der Waals surface area contributed by atoms with Crippen molar-refractivity contribution in [1.29, 1.82) is 0 Å². The number of hydrogen-bond donors (Lipinski definition) is 1. The summed E-state index contributed by atoms with van der Waals surface area (Å²) in [6.45, 7) is 7.29. The molecule has 1 amide bonds. The summed E-state index contributed by atoms with van der Waals surface area (Å²) in [5.74, 6) is 0.554. The zero-order chi connectivity index (χ0) is 15.7. The van der Waals surface area contributed by atoms with Gasteiger partial charge in [-0.05, 0) is 39.7 Å². The minimum Gasteiger partial charge on any atom is -0.374 e. The Kier molecular flexibility index (Phi) is 4.26. The minimum absolute atomic E-state index is 0.0125. The minimum atomic E-state index is -0.284. The highest BCUT2D eigenvalue weighted by molar-refractivity contribution is 5.93. The lowest BCUT2D eigenvalue weighted by Gasteiger charge is -2.44. The van der Waals surface area contributed by atoms with Gasteiger partial charge in [-0.3, -0.25) is 9.89 Å². The average Bonchev–Trinajstić information content (AvgIpc) is 3.00. The van der Waals surface area contributed by atoms with Crippen molar-refractivity contribution < 1.29 is 9.53 Å². The molecule has 0 aromatic carbocycles. The van der Waals surface area contributed by atoms with Crippen molar-refractivity contribution in [3.05, 3.63) is 17.5 Å². The predicted octanol–water partition coefficient (Wildman–Crippen LogP) is 3.10. The molecule has 0 radical (unpaired) electrons. The summed E-state index contributed by atoms with van der Waals surface area (Å²) in [7, 11) is 0. The first-order valence-electron chi connectivity index (χ1n) is 8.46. The van der Waals surface area contributed by atoms with Gasteiger partial charge in [-0.2, -0.15) is 5.10 Å². The zero-order valence-electron chi connectivity index (χ0n) is 13.9. The number of hydrogen-bond acceptors (Lipinski definition) is 3. The average molecular weight is 305 g/mol. The van der Waals surface area contributed by atoms with Gasteiger partial charge in [0.1, 0.15) is 5.69 Å². The molecule has 22 heavy (non-hydrogen) atoms. The summed E-state index contributed by atoms with van der Waals surface area (Å²) < 4.78 is 5.69. The molecule has 1 saturated heterocycles. The van der Waals surface area contributed by atoms with E-state index in [4.69, 9.17) is 4.74 Å². The Bertz CT molecular complexity index is 532. The van der Waals surface area contributed by atoms with E-state index in [-0.39, 0.29) is 17.6 Å². The number of nitrogens with zero attached hydrogens (tertiary/aromatic N) is 2. The second-order valence-electron chi connectivity index (χ2n) is 7.39. The lowest BCUT2D eigenvalue weighted by atomic mass is 9.87. The quantitative estimate of drug-likeness (QED) is 0.913. The third kappa shape index (κ3) is 3.05. The van der Waals surface area contributed by atoms with Crippen LogP contribution in [0.2, 0.25) is 0 Å². The molecule has 5 heteroatoms. The number of H-pyrrole nitrogens is 1. The van der Waals surface area contributed by atoms with Crippen molar-refractivity contribution in [2.75, 3.05) is 13.2 Å². The Morgan fingerprint density at radius 1 is 1.36 bits per heavy atom. The van der Waals surface area contributed by atoms with E-state index in [1.54, 1.807) is 0 Å². The Morgan fingerprint density at radius 3 is 2.82 bits per heavy atom. The smallest absolute Gasteiger partial charge is 0.274 e. The Morgan fingerprint density at radius 2 is 2.09 bits per heavy atom. The molecule has 5 nitrogen and oxygen atoms in total. The van der Waals surface area contributed by atoms with Crippen molar-refractivity contribution >= 4 is 5.91 Å². The van der Waals surface area contributed by atoms with E-state index in [1.165, 1.54) is 32.1 Å². The van der Waals surface area contributed by atoms with Gasteiger partial charge in [0.15, 0.2) is 0 Å². The molecule has 3 rings (SSSR count). The van der Waals surface area contributed by atoms with Gasteiger partial charge in [-0.15, -0.1) is 0 Å². The van der Waals surface area contributed by atoms with Crippen LogP contribution >= 0.6 is 0 Å². The van der Waals surface area contributed by atoms with Gasteiger partial charge in [0.2, 0.25) is 0 Å². The molecule has 0 bridgehead atoms. The second kappa shape index (κ2) is 6.03. The molecule has 1 aliphatic carbocycles. The predicted molar refractivity (Wildman–Crippen MR) is 84.9 cm³/mol. The molecule has 1 unspecified atom stereocenters. The van der Waals surface area contributed by atoms with Gasteiger partial charge in [-0.25, -0.2) is 0 Å². The Labute approximate surface area is 132 Å². The van der Waals surface area contributed by atoms with Crippen LogP contribution in [0.1, 0.15) is 75.0 Å². The number of aromatic nitrogens is 2. The molecule has 0 spiro atoms. The third-order valence-corrected chi connectivity index (χ3v) is 5.00. The monoisotopic (exact) mass is 305 g/mol. The van der Waals surface area contributed by atoms with Gasteiger partial charge in [0, 0.05) is 18.2 Å². The first kappa shape index (κ1) is 15.5. The molecule has 1 aromatic heterocycles. The van der Waals surface area contributed by atoms with Crippen molar-refractivity contribution in [2.45, 2.75) is 70.4 Å². The van der Waals surface area contributed by atoms with Gasteiger partial charge < -0.3 is 9.64 Å². The molecule has 1 aromatic rings. The maximum absolute atomic E-state index is 12.8. The first-order chi connectivity index (χ1) is 10.5. The van der Waals surface area contributed by atoms with Crippen LogP contribution in [0.25, 0.3) is 0 Å². The van der Waals surface area contributed by atoms with Crippen LogP contribution in [0.5, 0.6) is 0 Å². The molecule has 2 aliphatic rings. The van der Waals surface area contributed by atoms with E-state index in [9.17, 15) is 4.79 Å². The zero-order valence-corrected chi connectivity index (χ0v) is 13.9. The van der Waals surface area contributed by atoms with Gasteiger partial charge in [0.05, 0.1) is 18.2 Å². The third-order valence-electron chi connectivity index (χ3n) is 5.00. The summed E-state index contributed by atoms with van der Waals surface area (Å²) >= 11 is 0. The fraction of sp³-hybridized carbons (Fsp3) is 0.765. The topological polar surface area (TPSA) is 58.2 Å². The summed E-state index contributed by atoms with van der Waals surface area (Å²) in [5, 5.41) is 7.41. The van der Waals surface area contributed by atoms with Crippen molar-refractivity contribution in [1.82, 2.24) is 15.1 Å². The van der Waals surface area contributed by atoms with Gasteiger partial charge in [-0.1, -0.05) is 19.3 Å². The summed E-state index contributed by atoms with van der Waals surface area (Å²) in [6.07, 6.45) is 6.37. The fourth-order valence-electron chi connectivity index (χ4n) is 3.55. The Hall–Kier alpha value is -1.36. The Balaban J connectivity index is 1.75. The van der Waals surface area contributed by atoms with E-state index < -0.39 is 0 Å². The number of ether oxygens (including phenoxy) is 1. The van der Waals surface area contributed by atoms with E-state index in [0.29, 0.717) is 24.8 Å². The standard InChI is InChI=1S/C17H27N3O2/c1-12-10-20(17(2,3)11-22-12)16(21)15-9-14(18-19-15)13-7-5-4-6-8-13/h9,12-13H,4-8,10-11H2,1-3H3,(H,18,19). The van der Waals surface area contributed by atoms with Gasteiger partial charge in [0.25, 0.3) is 5.91 Å². The molecule has 1 atom stereocenters. The fourth-order valence-corrected chi connectivity index (χ4v) is 3.55. The summed E-state index contributed by atoms with van der Waals surface area (Å²) in [5.41, 5.74) is 1.39. The molecule has 2 heterocycles. The van der Waals surface area contributed by atoms with Crippen molar-refractivity contribution in [3.63, 3.8) is 0 Å². The van der Waals surface area contributed by atoms with Crippen LogP contribution in [0.4, 0.5) is 0 Å². The molecular weight excluding hydrogens is 278 g/mol. The van der Waals surface area contributed by atoms with Crippen LogP contribution in [0.15, 0.2) is 6.07 Å². The van der Waals surface area contributed by atoms with Crippen LogP contribution in [-0.4, -0.2) is 45.8 Å². The highest BCUT2D eigenvalue weighted by Gasteiger charge is 2.38. The molecular formula is C17H27N3O2. The van der Waals surface area contributed by atoms with E-state index >= 15 is 0 Å². The van der Waals surface area contributed by atoms with Crippen molar-refractivity contribution in [3.8, 4) is 0 Å². The van der Waals surface area contributed by atoms with Crippen LogP contribution < -0.4 is 0 Å². The lowest BCUT2D eigenvalue weighted by molar-refractivity contribution is -0.0757. The summed E-state index contributed by atoms with van der Waals surface area (Å²) in [4.78, 5) is 14.7. The van der Waals surface area contributed by atoms with Crippen LogP contribution in [0.3, 0.4) is 0 Å². The van der Waals surface area contributed by atoms with Crippen LogP contribution in [-0.2, 0) is 4.74 Å². The number of nitrogens with one attached hydrogen (secondary N) is 1. The largest absolute Gasteiger partial charge is 0.374 e. The normalized spacial score (nSPS) is 26.1. The molecule has 2 fully saturated rings. The number of carbonyl (C=O) groups is 1. The number of amides is 1. The van der Waals surface area contributed by atoms with E-state index in [0.717, 1.165) is 5.69 Å². The van der Waals surface area contributed by atoms with E-state index in [1.807, 2.05) is 31.7 Å². The molecule has 1 N–H and O–H groups in total. The number of aromatic amines is 1. The highest BCUT2D eigenvalue weighted by Crippen LogP contribution is 2.32. The number of carbonyl (C=O) groups excluding carboxylic acids is 1. The summed E-state index contributed by atoms with van der Waals surface area (Å²) in [6, 6.07) is 1.97. The number of rotatable bonds is 2.